The summed E-state index contributed by atoms with van der Waals surface area (Å²) in [5.41, 5.74) is 1.42. The van der Waals surface area contributed by atoms with Crippen molar-refractivity contribution in [3.63, 3.8) is 0 Å². The highest BCUT2D eigenvalue weighted by Gasteiger charge is 2.37. The molecule has 190 valence electrons. The van der Waals surface area contributed by atoms with E-state index in [0.29, 0.717) is 37.6 Å². The van der Waals surface area contributed by atoms with Gasteiger partial charge in [0.2, 0.25) is 10.0 Å². The molecule has 9 heteroatoms. The maximum absolute atomic E-state index is 13.6. The van der Waals surface area contributed by atoms with Crippen LogP contribution in [-0.2, 0) is 14.8 Å². The van der Waals surface area contributed by atoms with E-state index in [1.54, 1.807) is 27.5 Å². The van der Waals surface area contributed by atoms with Gasteiger partial charge in [0.1, 0.15) is 11.4 Å². The number of ether oxygens (including phenoxy) is 1. The van der Waals surface area contributed by atoms with Crippen LogP contribution in [-0.4, -0.2) is 67.0 Å². The lowest BCUT2D eigenvalue weighted by Crippen LogP contribution is -2.50. The normalized spacial score (nSPS) is 20.1. The number of nitrogens with zero attached hydrogens (tertiary/aromatic N) is 4. The number of piperazine rings is 1. The minimum absolute atomic E-state index is 0.275. The lowest BCUT2D eigenvalue weighted by atomic mass is 9.97. The number of aromatic nitrogens is 1. The maximum atomic E-state index is 13.6. The summed E-state index contributed by atoms with van der Waals surface area (Å²) in [6.07, 6.45) is 4.00. The predicted octanol–water partition coefficient (Wildman–Crippen LogP) is 4.36. The van der Waals surface area contributed by atoms with E-state index in [1.165, 1.54) is 0 Å². The third kappa shape index (κ3) is 5.78. The maximum Gasteiger partial charge on any atom is 0.410 e. The van der Waals surface area contributed by atoms with E-state index in [0.717, 1.165) is 36.2 Å². The highest BCUT2D eigenvalue weighted by molar-refractivity contribution is 7.89. The highest BCUT2D eigenvalue weighted by Crippen LogP contribution is 2.39. The molecule has 0 N–H and O–H groups in total. The molecule has 1 aromatic carbocycles. The number of sulfonamides is 1. The largest absolute Gasteiger partial charge is 0.444 e. The van der Waals surface area contributed by atoms with Crippen LogP contribution in [0.5, 0.6) is 0 Å². The molecule has 1 amide bonds. The van der Waals surface area contributed by atoms with Crippen LogP contribution in [0.2, 0.25) is 0 Å². The number of rotatable bonds is 4. The first kappa shape index (κ1) is 25.4. The molecule has 1 atom stereocenters. The van der Waals surface area contributed by atoms with Gasteiger partial charge in [-0.2, -0.15) is 4.31 Å². The molecule has 2 aliphatic heterocycles. The Balaban J connectivity index is 1.56. The highest BCUT2D eigenvalue weighted by atomic mass is 32.2. The zero-order valence-electron chi connectivity index (χ0n) is 21.1. The van der Waals surface area contributed by atoms with Crippen LogP contribution in [0.15, 0.2) is 47.5 Å². The molecule has 0 spiro atoms. The van der Waals surface area contributed by atoms with Crippen molar-refractivity contribution in [2.24, 2.45) is 0 Å². The van der Waals surface area contributed by atoms with Gasteiger partial charge in [0.15, 0.2) is 0 Å². The number of piperidine rings is 1. The molecule has 2 saturated heterocycles. The minimum atomic E-state index is -3.64. The standard InChI is InChI=1S/C26H36N4O4S/c1-20-10-12-21(13-11-20)35(32,33)30-15-6-5-9-23(30)22-8-7-14-27-24(22)28-16-18-29(19-17-28)25(31)34-26(2,3)4/h7-8,10-14,23H,5-6,9,15-19H2,1-4H3/t23-/m1/s1. The summed E-state index contributed by atoms with van der Waals surface area (Å²) < 4.78 is 34.4. The Bertz CT molecular complexity index is 1140. The summed E-state index contributed by atoms with van der Waals surface area (Å²) in [4.78, 5) is 21.4. The number of aryl methyl sites for hydroxylation is 1. The molecule has 0 bridgehead atoms. The first-order chi connectivity index (χ1) is 16.6. The molecule has 0 saturated carbocycles. The fraction of sp³-hybridized carbons (Fsp3) is 0.538. The lowest BCUT2D eigenvalue weighted by molar-refractivity contribution is 0.0240. The van der Waals surface area contributed by atoms with Gasteiger partial charge in [-0.1, -0.05) is 30.2 Å². The first-order valence-corrected chi connectivity index (χ1v) is 13.8. The van der Waals surface area contributed by atoms with Crippen molar-refractivity contribution < 1.29 is 17.9 Å². The van der Waals surface area contributed by atoms with E-state index in [-0.39, 0.29) is 12.1 Å². The van der Waals surface area contributed by atoms with E-state index in [4.69, 9.17) is 4.74 Å². The number of anilines is 1. The van der Waals surface area contributed by atoms with Crippen LogP contribution in [0.25, 0.3) is 0 Å². The monoisotopic (exact) mass is 500 g/mol. The average molecular weight is 501 g/mol. The zero-order chi connectivity index (χ0) is 25.2. The molecular formula is C26H36N4O4S. The van der Waals surface area contributed by atoms with Crippen molar-refractivity contribution in [1.29, 1.82) is 0 Å². The van der Waals surface area contributed by atoms with E-state index >= 15 is 0 Å². The topological polar surface area (TPSA) is 83.1 Å². The molecule has 4 rings (SSSR count). The third-order valence-corrected chi connectivity index (χ3v) is 8.41. The van der Waals surface area contributed by atoms with Crippen molar-refractivity contribution in [2.45, 2.75) is 63.5 Å². The summed E-state index contributed by atoms with van der Waals surface area (Å²) in [6, 6.07) is 10.7. The fourth-order valence-corrected chi connectivity index (χ4v) is 6.38. The van der Waals surface area contributed by atoms with Crippen molar-refractivity contribution in [1.82, 2.24) is 14.2 Å². The summed E-state index contributed by atoms with van der Waals surface area (Å²) in [5.74, 6) is 0.798. The van der Waals surface area contributed by atoms with Crippen molar-refractivity contribution >= 4 is 21.9 Å². The van der Waals surface area contributed by atoms with Gasteiger partial charge in [0.05, 0.1) is 10.9 Å². The number of hydrogen-bond donors (Lipinski definition) is 0. The van der Waals surface area contributed by atoms with Crippen molar-refractivity contribution in [3.05, 3.63) is 53.7 Å². The fourth-order valence-electron chi connectivity index (χ4n) is 4.71. The second kappa shape index (κ2) is 10.1. The van der Waals surface area contributed by atoms with E-state index < -0.39 is 15.6 Å². The van der Waals surface area contributed by atoms with Gasteiger partial charge in [0.25, 0.3) is 0 Å². The first-order valence-electron chi connectivity index (χ1n) is 12.3. The number of pyridine rings is 1. The van der Waals surface area contributed by atoms with Gasteiger partial charge in [-0.15, -0.1) is 0 Å². The molecule has 35 heavy (non-hydrogen) atoms. The molecule has 2 fully saturated rings. The van der Waals surface area contributed by atoms with Gasteiger partial charge in [-0.3, -0.25) is 0 Å². The number of carbonyl (C=O) groups is 1. The Hall–Kier alpha value is -2.65. The summed E-state index contributed by atoms with van der Waals surface area (Å²) in [7, 11) is -3.64. The predicted molar refractivity (Wildman–Crippen MR) is 136 cm³/mol. The van der Waals surface area contributed by atoms with Crippen LogP contribution in [0, 0.1) is 6.92 Å². The molecular weight excluding hydrogens is 464 g/mol. The number of carbonyl (C=O) groups excluding carboxylic acids is 1. The van der Waals surface area contributed by atoms with E-state index in [2.05, 4.69) is 9.88 Å². The molecule has 2 aromatic rings. The van der Waals surface area contributed by atoms with Crippen LogP contribution < -0.4 is 4.90 Å². The van der Waals surface area contributed by atoms with E-state index in [9.17, 15) is 13.2 Å². The molecule has 1 aromatic heterocycles. The Morgan fingerprint density at radius 3 is 2.34 bits per heavy atom. The number of hydrogen-bond acceptors (Lipinski definition) is 6. The number of benzene rings is 1. The second-order valence-electron chi connectivity index (χ2n) is 10.3. The second-order valence-corrected chi connectivity index (χ2v) is 12.2. The molecule has 3 heterocycles. The minimum Gasteiger partial charge on any atom is -0.444 e. The Morgan fingerprint density at radius 1 is 1.00 bits per heavy atom. The molecule has 8 nitrogen and oxygen atoms in total. The van der Waals surface area contributed by atoms with Gasteiger partial charge < -0.3 is 14.5 Å². The van der Waals surface area contributed by atoms with Crippen LogP contribution >= 0.6 is 0 Å². The smallest absolute Gasteiger partial charge is 0.410 e. The Labute approximate surface area is 208 Å². The molecule has 0 radical (unpaired) electrons. The quantitative estimate of drug-likeness (QED) is 0.620. The van der Waals surface area contributed by atoms with Crippen LogP contribution in [0.1, 0.15) is 57.2 Å². The summed E-state index contributed by atoms with van der Waals surface area (Å²) in [6.45, 7) is 10.3. The van der Waals surface area contributed by atoms with Gasteiger partial charge in [-0.25, -0.2) is 18.2 Å². The third-order valence-electron chi connectivity index (χ3n) is 6.49. The van der Waals surface area contributed by atoms with Gasteiger partial charge in [-0.05, 0) is 58.7 Å². The Kier molecular flexibility index (Phi) is 7.38. The van der Waals surface area contributed by atoms with Gasteiger partial charge >= 0.3 is 6.09 Å². The van der Waals surface area contributed by atoms with Crippen molar-refractivity contribution in [2.75, 3.05) is 37.6 Å². The SMILES string of the molecule is Cc1ccc(S(=O)(=O)N2CCCC[C@@H]2c2cccnc2N2CCN(C(=O)OC(C)(C)C)CC2)cc1. The number of amides is 1. The van der Waals surface area contributed by atoms with Gasteiger partial charge in [0, 0.05) is 44.5 Å². The molecule has 2 aliphatic rings. The molecule has 0 aliphatic carbocycles. The van der Waals surface area contributed by atoms with E-state index in [1.807, 2.05) is 52.0 Å². The van der Waals surface area contributed by atoms with Crippen molar-refractivity contribution in [3.8, 4) is 0 Å². The van der Waals surface area contributed by atoms with Crippen LogP contribution in [0.3, 0.4) is 0 Å². The van der Waals surface area contributed by atoms with Crippen LogP contribution in [0.4, 0.5) is 10.6 Å². The zero-order valence-corrected chi connectivity index (χ0v) is 21.9. The summed E-state index contributed by atoms with van der Waals surface area (Å²) in [5, 5.41) is 0. The molecule has 0 unspecified atom stereocenters. The lowest BCUT2D eigenvalue weighted by Gasteiger charge is -2.39. The Morgan fingerprint density at radius 2 is 1.69 bits per heavy atom. The average Bonchev–Trinajstić information content (AvgIpc) is 2.83. The summed E-state index contributed by atoms with van der Waals surface area (Å²) >= 11 is 0.